The molecule has 4 rings (SSSR count). The number of carbonyl (C=O) groups is 2. The second kappa shape index (κ2) is 11.5. The van der Waals surface area contributed by atoms with Crippen LogP contribution in [0.4, 0.5) is 23.1 Å². The standard InChI is InChI=1S/C25H36N8O3/c1-17(34)31-9-7-19(8-10-31)15-27-24-22(23(26)36)16-28-25(30-24)29-20-3-5-21(6-4-20)33-13-11-32(12-14-33)18(2)35/h3-6,16-17,19,34H,7-15H2,1-2H3,(H2,26,36)(H2,27,28,29,30). The lowest BCUT2D eigenvalue weighted by Crippen LogP contribution is -2.48. The molecule has 1 aromatic heterocycles. The fourth-order valence-corrected chi connectivity index (χ4v) is 4.69. The van der Waals surface area contributed by atoms with Crippen molar-refractivity contribution in [2.75, 3.05) is 61.3 Å². The number of hydrogen-bond acceptors (Lipinski definition) is 9. The Morgan fingerprint density at radius 1 is 1.11 bits per heavy atom. The summed E-state index contributed by atoms with van der Waals surface area (Å²) in [4.78, 5) is 38.4. The van der Waals surface area contributed by atoms with Crippen molar-refractivity contribution < 1.29 is 14.7 Å². The van der Waals surface area contributed by atoms with Gasteiger partial charge in [0, 0.05) is 70.3 Å². The third-order valence-electron chi connectivity index (χ3n) is 7.00. The first-order valence-corrected chi connectivity index (χ1v) is 12.5. The van der Waals surface area contributed by atoms with E-state index in [4.69, 9.17) is 5.73 Å². The van der Waals surface area contributed by atoms with E-state index in [9.17, 15) is 14.7 Å². The first-order chi connectivity index (χ1) is 17.3. The van der Waals surface area contributed by atoms with Gasteiger partial charge in [0.15, 0.2) is 0 Å². The first-order valence-electron chi connectivity index (χ1n) is 12.5. The number of anilines is 4. The number of rotatable bonds is 8. The number of nitrogens with zero attached hydrogens (tertiary/aromatic N) is 5. The van der Waals surface area contributed by atoms with Crippen molar-refractivity contribution in [2.24, 2.45) is 11.7 Å². The lowest BCUT2D eigenvalue weighted by molar-refractivity contribution is -0.129. The summed E-state index contributed by atoms with van der Waals surface area (Å²) < 4.78 is 0. The van der Waals surface area contributed by atoms with Gasteiger partial charge in [-0.05, 0) is 49.9 Å². The molecule has 2 aromatic rings. The molecule has 1 atom stereocenters. The quantitative estimate of drug-likeness (QED) is 0.427. The number of carbonyl (C=O) groups excluding carboxylic acids is 2. The zero-order chi connectivity index (χ0) is 25.7. The molecule has 2 fully saturated rings. The van der Waals surface area contributed by atoms with Crippen molar-refractivity contribution in [1.29, 1.82) is 0 Å². The SMILES string of the molecule is CC(=O)N1CCN(c2ccc(Nc3ncc(C(N)=O)c(NCC4CCN(C(C)O)CC4)n3)cc2)CC1. The van der Waals surface area contributed by atoms with Crippen LogP contribution >= 0.6 is 0 Å². The van der Waals surface area contributed by atoms with E-state index in [1.54, 1.807) is 13.8 Å². The fourth-order valence-electron chi connectivity index (χ4n) is 4.69. The smallest absolute Gasteiger partial charge is 0.254 e. The molecule has 0 aliphatic carbocycles. The molecule has 0 radical (unpaired) electrons. The van der Waals surface area contributed by atoms with E-state index in [1.165, 1.54) is 6.20 Å². The number of aromatic nitrogens is 2. The van der Waals surface area contributed by atoms with Gasteiger partial charge in [0.05, 0.1) is 5.56 Å². The van der Waals surface area contributed by atoms with Gasteiger partial charge in [-0.25, -0.2) is 4.98 Å². The van der Waals surface area contributed by atoms with Crippen LogP contribution in [0.15, 0.2) is 30.5 Å². The lowest BCUT2D eigenvalue weighted by Gasteiger charge is -2.35. The van der Waals surface area contributed by atoms with Gasteiger partial charge in [-0.1, -0.05) is 0 Å². The molecule has 2 aliphatic rings. The highest BCUT2D eigenvalue weighted by Gasteiger charge is 2.23. The first kappa shape index (κ1) is 25.6. The molecule has 2 aliphatic heterocycles. The fraction of sp³-hybridized carbons (Fsp3) is 0.520. The van der Waals surface area contributed by atoms with Gasteiger partial charge in [-0.15, -0.1) is 0 Å². The van der Waals surface area contributed by atoms with Crippen LogP contribution in [0, 0.1) is 5.92 Å². The number of nitrogens with one attached hydrogen (secondary N) is 2. The average molecular weight is 497 g/mol. The minimum Gasteiger partial charge on any atom is -0.379 e. The molecule has 2 saturated heterocycles. The Morgan fingerprint density at radius 3 is 2.36 bits per heavy atom. The number of aliphatic hydroxyl groups excluding tert-OH is 1. The van der Waals surface area contributed by atoms with E-state index >= 15 is 0 Å². The van der Waals surface area contributed by atoms with Crippen molar-refractivity contribution in [3.8, 4) is 0 Å². The Balaban J connectivity index is 1.36. The normalized spacial score (nSPS) is 18.1. The number of benzene rings is 1. The Labute approximate surface area is 211 Å². The molecule has 1 aromatic carbocycles. The largest absolute Gasteiger partial charge is 0.379 e. The maximum absolute atomic E-state index is 11.9. The van der Waals surface area contributed by atoms with E-state index < -0.39 is 12.1 Å². The van der Waals surface area contributed by atoms with Gasteiger partial charge in [0.25, 0.3) is 5.91 Å². The van der Waals surface area contributed by atoms with E-state index in [0.29, 0.717) is 24.2 Å². The number of nitrogens with two attached hydrogens (primary N) is 1. The summed E-state index contributed by atoms with van der Waals surface area (Å²) in [5.74, 6) is 0.735. The van der Waals surface area contributed by atoms with Crippen molar-refractivity contribution >= 4 is 35.0 Å². The van der Waals surface area contributed by atoms with Crippen LogP contribution in [0.1, 0.15) is 37.0 Å². The highest BCUT2D eigenvalue weighted by molar-refractivity contribution is 5.97. The monoisotopic (exact) mass is 496 g/mol. The van der Waals surface area contributed by atoms with E-state index in [2.05, 4.69) is 30.4 Å². The third kappa shape index (κ3) is 6.41. The molecular weight excluding hydrogens is 460 g/mol. The number of primary amides is 1. The van der Waals surface area contributed by atoms with Crippen molar-refractivity contribution in [3.05, 3.63) is 36.0 Å². The van der Waals surface area contributed by atoms with Crippen molar-refractivity contribution in [3.63, 3.8) is 0 Å². The summed E-state index contributed by atoms with van der Waals surface area (Å²) in [6, 6.07) is 7.98. The summed E-state index contributed by atoms with van der Waals surface area (Å²) in [5, 5.41) is 16.2. The van der Waals surface area contributed by atoms with Gasteiger partial charge >= 0.3 is 0 Å². The average Bonchev–Trinajstić information content (AvgIpc) is 2.88. The van der Waals surface area contributed by atoms with Gasteiger partial charge in [-0.2, -0.15) is 4.98 Å². The van der Waals surface area contributed by atoms with Gasteiger partial charge in [-0.3, -0.25) is 14.5 Å². The van der Waals surface area contributed by atoms with Crippen molar-refractivity contribution in [1.82, 2.24) is 19.8 Å². The highest BCUT2D eigenvalue weighted by Crippen LogP contribution is 2.24. The van der Waals surface area contributed by atoms with E-state index in [-0.39, 0.29) is 11.5 Å². The van der Waals surface area contributed by atoms with Crippen LogP contribution in [0.5, 0.6) is 0 Å². The van der Waals surface area contributed by atoms with Crippen LogP contribution in [-0.4, -0.2) is 88.7 Å². The molecule has 1 unspecified atom stereocenters. The second-order valence-corrected chi connectivity index (χ2v) is 9.48. The Kier molecular flexibility index (Phi) is 8.21. The summed E-state index contributed by atoms with van der Waals surface area (Å²) >= 11 is 0. The molecule has 0 saturated carbocycles. The summed E-state index contributed by atoms with van der Waals surface area (Å²) in [6.07, 6.45) is 2.92. The van der Waals surface area contributed by atoms with Gasteiger partial charge < -0.3 is 31.3 Å². The predicted octanol–water partition coefficient (Wildman–Crippen LogP) is 1.45. The van der Waals surface area contributed by atoms with Crippen LogP contribution in [0.3, 0.4) is 0 Å². The Bertz CT molecular complexity index is 1050. The lowest BCUT2D eigenvalue weighted by atomic mass is 9.96. The number of aliphatic hydroxyl groups is 1. The number of hydrogen-bond donors (Lipinski definition) is 4. The molecule has 0 bridgehead atoms. The molecule has 194 valence electrons. The minimum absolute atomic E-state index is 0.118. The van der Waals surface area contributed by atoms with E-state index in [0.717, 1.165) is 63.5 Å². The second-order valence-electron chi connectivity index (χ2n) is 9.48. The number of piperidine rings is 1. The van der Waals surface area contributed by atoms with Gasteiger partial charge in [0.2, 0.25) is 11.9 Å². The molecule has 5 N–H and O–H groups in total. The number of likely N-dealkylation sites (tertiary alicyclic amines) is 1. The number of piperazine rings is 1. The summed E-state index contributed by atoms with van der Waals surface area (Å²) in [5.41, 5.74) is 7.72. The third-order valence-corrected chi connectivity index (χ3v) is 7.00. The number of amides is 2. The summed E-state index contributed by atoms with van der Waals surface area (Å²) in [7, 11) is 0. The molecule has 11 nitrogen and oxygen atoms in total. The molecular formula is C25H36N8O3. The molecule has 3 heterocycles. The van der Waals surface area contributed by atoms with Crippen LogP contribution < -0.4 is 21.3 Å². The molecule has 11 heteroatoms. The maximum Gasteiger partial charge on any atom is 0.254 e. The Hall–Kier alpha value is -3.44. The molecule has 2 amide bonds. The zero-order valence-corrected chi connectivity index (χ0v) is 21.0. The van der Waals surface area contributed by atoms with Crippen LogP contribution in [0.25, 0.3) is 0 Å². The predicted molar refractivity (Wildman–Crippen MR) is 139 cm³/mol. The zero-order valence-electron chi connectivity index (χ0n) is 21.0. The Morgan fingerprint density at radius 2 is 1.78 bits per heavy atom. The van der Waals surface area contributed by atoms with Gasteiger partial charge in [0.1, 0.15) is 12.0 Å². The summed E-state index contributed by atoms with van der Waals surface area (Å²) in [6.45, 7) is 8.80. The van der Waals surface area contributed by atoms with Crippen LogP contribution in [-0.2, 0) is 4.79 Å². The topological polar surface area (TPSA) is 140 Å². The molecule has 0 spiro atoms. The van der Waals surface area contributed by atoms with Crippen LogP contribution in [0.2, 0.25) is 0 Å². The van der Waals surface area contributed by atoms with E-state index in [1.807, 2.05) is 29.2 Å². The van der Waals surface area contributed by atoms with Crippen molar-refractivity contribution in [2.45, 2.75) is 32.9 Å². The maximum atomic E-state index is 11.9. The molecule has 36 heavy (non-hydrogen) atoms. The highest BCUT2D eigenvalue weighted by atomic mass is 16.3. The minimum atomic E-state index is -0.581.